The summed E-state index contributed by atoms with van der Waals surface area (Å²) in [6.07, 6.45) is 1.17. The van der Waals surface area contributed by atoms with Crippen LogP contribution in [0.2, 0.25) is 0 Å². The molecule has 0 unspecified atom stereocenters. The van der Waals surface area contributed by atoms with Gasteiger partial charge in [-0.25, -0.2) is 9.79 Å². The van der Waals surface area contributed by atoms with Gasteiger partial charge in [-0.15, -0.1) is 0 Å². The summed E-state index contributed by atoms with van der Waals surface area (Å²) in [5.74, 6) is -0.0101. The first-order chi connectivity index (χ1) is 11.8. The molecule has 1 N–H and O–H groups in total. The quantitative estimate of drug-likeness (QED) is 0.420. The van der Waals surface area contributed by atoms with Gasteiger partial charge < -0.3 is 10.1 Å². The van der Waals surface area contributed by atoms with Gasteiger partial charge in [-0.1, -0.05) is 36.4 Å². The van der Waals surface area contributed by atoms with E-state index >= 15 is 0 Å². The van der Waals surface area contributed by atoms with Crippen LogP contribution >= 0.6 is 0 Å². The number of para-hydroxylation sites is 2. The van der Waals surface area contributed by atoms with Crippen molar-refractivity contribution in [2.24, 2.45) is 4.99 Å². The first-order valence-corrected chi connectivity index (χ1v) is 7.53. The Labute approximate surface area is 140 Å². The molecule has 118 valence electrons. The molecule has 3 aromatic carbocycles. The number of benzene rings is 3. The largest absolute Gasteiger partial charge is 0.422 e. The smallest absolute Gasteiger partial charge is 0.354 e. The number of esters is 1. The van der Waals surface area contributed by atoms with E-state index in [1.165, 1.54) is 6.21 Å². The Balaban J connectivity index is 1.58. The summed E-state index contributed by atoms with van der Waals surface area (Å²) in [5, 5.41) is 3.29. The number of aliphatic imine (C=N–C) groups is 1. The first-order valence-electron chi connectivity index (χ1n) is 7.53. The van der Waals surface area contributed by atoms with Gasteiger partial charge in [-0.05, 0) is 48.5 Å². The highest BCUT2D eigenvalue weighted by atomic mass is 16.5. The van der Waals surface area contributed by atoms with Crippen molar-refractivity contribution < 1.29 is 9.53 Å². The lowest BCUT2D eigenvalue weighted by atomic mass is 10.2. The topological polar surface area (TPSA) is 50.7 Å². The molecule has 0 radical (unpaired) electrons. The third-order valence-corrected chi connectivity index (χ3v) is 3.21. The van der Waals surface area contributed by atoms with Crippen LogP contribution in [-0.2, 0) is 4.79 Å². The van der Waals surface area contributed by atoms with E-state index in [1.807, 2.05) is 60.7 Å². The maximum atomic E-state index is 11.7. The van der Waals surface area contributed by atoms with Gasteiger partial charge in [0.05, 0.1) is 5.69 Å². The molecule has 24 heavy (non-hydrogen) atoms. The van der Waals surface area contributed by atoms with Crippen LogP contribution in [0.4, 0.5) is 17.1 Å². The van der Waals surface area contributed by atoms with E-state index in [4.69, 9.17) is 4.74 Å². The standard InChI is InChI=1S/C20H16N2O2/c23-20(24-19-9-5-2-6-10-19)15-21-16-11-13-18(14-12-16)22-17-7-3-1-4-8-17/h1-15,22H. The minimum Gasteiger partial charge on any atom is -0.422 e. The molecule has 0 atom stereocenters. The Morgan fingerprint density at radius 2 is 1.38 bits per heavy atom. The molecule has 0 heterocycles. The first kappa shape index (κ1) is 15.5. The van der Waals surface area contributed by atoms with Crippen LogP contribution in [0.3, 0.4) is 0 Å². The van der Waals surface area contributed by atoms with Crippen molar-refractivity contribution in [3.05, 3.63) is 84.9 Å². The van der Waals surface area contributed by atoms with Crippen molar-refractivity contribution >= 4 is 29.2 Å². The van der Waals surface area contributed by atoms with Gasteiger partial charge in [-0.2, -0.15) is 0 Å². The van der Waals surface area contributed by atoms with Crippen molar-refractivity contribution in [1.29, 1.82) is 0 Å². The summed E-state index contributed by atoms with van der Waals surface area (Å²) < 4.78 is 5.14. The Kier molecular flexibility index (Phi) is 5.00. The summed E-state index contributed by atoms with van der Waals surface area (Å²) in [6, 6.07) is 26.3. The van der Waals surface area contributed by atoms with Crippen LogP contribution in [0, 0.1) is 0 Å². The lowest BCUT2D eigenvalue weighted by molar-refractivity contribution is -0.126. The highest BCUT2D eigenvalue weighted by Crippen LogP contribution is 2.20. The molecule has 0 aliphatic rings. The van der Waals surface area contributed by atoms with Crippen molar-refractivity contribution in [3.8, 4) is 5.75 Å². The van der Waals surface area contributed by atoms with Gasteiger partial charge in [0.15, 0.2) is 0 Å². The molecule has 0 aliphatic carbocycles. The zero-order valence-electron chi connectivity index (χ0n) is 12.9. The molecule has 0 amide bonds. The molecule has 0 fully saturated rings. The van der Waals surface area contributed by atoms with Gasteiger partial charge in [0.1, 0.15) is 12.0 Å². The Hall–Kier alpha value is -3.40. The van der Waals surface area contributed by atoms with Gasteiger partial charge in [0, 0.05) is 11.4 Å². The van der Waals surface area contributed by atoms with E-state index in [1.54, 1.807) is 24.3 Å². The fraction of sp³-hybridized carbons (Fsp3) is 0. The molecule has 3 aromatic rings. The SMILES string of the molecule is O=C(C=Nc1ccc(Nc2ccccc2)cc1)Oc1ccccc1. The number of rotatable bonds is 5. The predicted octanol–water partition coefficient (Wildman–Crippen LogP) is 4.74. The van der Waals surface area contributed by atoms with E-state index < -0.39 is 5.97 Å². The van der Waals surface area contributed by atoms with Crippen molar-refractivity contribution in [1.82, 2.24) is 0 Å². The molecular formula is C20H16N2O2. The summed E-state index contributed by atoms with van der Waals surface area (Å²) in [4.78, 5) is 15.8. The molecule has 0 aromatic heterocycles. The number of carbonyl (C=O) groups excluding carboxylic acids is 1. The third kappa shape index (κ3) is 4.55. The van der Waals surface area contributed by atoms with Crippen molar-refractivity contribution in [3.63, 3.8) is 0 Å². The molecule has 4 nitrogen and oxygen atoms in total. The second kappa shape index (κ2) is 7.74. The van der Waals surface area contributed by atoms with Crippen molar-refractivity contribution in [2.45, 2.75) is 0 Å². The molecule has 0 saturated carbocycles. The predicted molar refractivity (Wildman–Crippen MR) is 96.4 cm³/mol. The third-order valence-electron chi connectivity index (χ3n) is 3.21. The number of ether oxygens (including phenoxy) is 1. The number of nitrogens with zero attached hydrogens (tertiary/aromatic N) is 1. The molecule has 3 rings (SSSR count). The van der Waals surface area contributed by atoms with E-state index in [9.17, 15) is 4.79 Å². The maximum absolute atomic E-state index is 11.7. The van der Waals surface area contributed by atoms with E-state index in [2.05, 4.69) is 10.3 Å². The monoisotopic (exact) mass is 316 g/mol. The van der Waals surface area contributed by atoms with Crippen LogP contribution in [0.25, 0.3) is 0 Å². The lowest BCUT2D eigenvalue weighted by Gasteiger charge is -2.06. The van der Waals surface area contributed by atoms with Crippen LogP contribution < -0.4 is 10.1 Å². The minimum atomic E-state index is -0.507. The lowest BCUT2D eigenvalue weighted by Crippen LogP contribution is -2.08. The zero-order chi connectivity index (χ0) is 16.6. The average Bonchev–Trinajstić information content (AvgIpc) is 2.63. The molecule has 0 saturated heterocycles. The summed E-state index contributed by atoms with van der Waals surface area (Å²) in [5.41, 5.74) is 2.64. The minimum absolute atomic E-state index is 0.497. The van der Waals surface area contributed by atoms with E-state index in [0.29, 0.717) is 11.4 Å². The van der Waals surface area contributed by atoms with Crippen LogP contribution in [0.15, 0.2) is 89.9 Å². The van der Waals surface area contributed by atoms with Gasteiger partial charge in [-0.3, -0.25) is 0 Å². The van der Waals surface area contributed by atoms with Crippen LogP contribution in [0.5, 0.6) is 5.75 Å². The molecule has 0 aliphatic heterocycles. The second-order valence-corrected chi connectivity index (χ2v) is 5.03. The van der Waals surface area contributed by atoms with Crippen LogP contribution in [-0.4, -0.2) is 12.2 Å². The Morgan fingerprint density at radius 1 is 0.792 bits per heavy atom. The average molecular weight is 316 g/mol. The van der Waals surface area contributed by atoms with Crippen molar-refractivity contribution in [2.75, 3.05) is 5.32 Å². The fourth-order valence-electron chi connectivity index (χ4n) is 2.08. The van der Waals surface area contributed by atoms with Gasteiger partial charge in [0.2, 0.25) is 0 Å². The molecule has 4 heteroatoms. The Bertz CT molecular complexity index is 813. The highest BCUT2D eigenvalue weighted by Gasteiger charge is 2.00. The molecular weight excluding hydrogens is 300 g/mol. The van der Waals surface area contributed by atoms with E-state index in [0.717, 1.165) is 11.4 Å². The number of hydrogen-bond acceptors (Lipinski definition) is 4. The Morgan fingerprint density at radius 3 is 2.04 bits per heavy atom. The number of carbonyl (C=O) groups is 1. The normalized spacial score (nSPS) is 10.5. The number of nitrogens with one attached hydrogen (secondary N) is 1. The molecule has 0 bridgehead atoms. The number of hydrogen-bond donors (Lipinski definition) is 1. The molecule has 0 spiro atoms. The second-order valence-electron chi connectivity index (χ2n) is 5.03. The van der Waals surface area contributed by atoms with Gasteiger partial charge in [0.25, 0.3) is 0 Å². The van der Waals surface area contributed by atoms with Gasteiger partial charge >= 0.3 is 5.97 Å². The summed E-state index contributed by atoms with van der Waals surface area (Å²) in [7, 11) is 0. The maximum Gasteiger partial charge on any atom is 0.354 e. The fourth-order valence-corrected chi connectivity index (χ4v) is 2.08. The highest BCUT2D eigenvalue weighted by molar-refractivity contribution is 6.24. The zero-order valence-corrected chi connectivity index (χ0v) is 12.9. The summed E-state index contributed by atoms with van der Waals surface area (Å²) >= 11 is 0. The number of anilines is 2. The summed E-state index contributed by atoms with van der Waals surface area (Å²) in [6.45, 7) is 0. The van der Waals surface area contributed by atoms with E-state index in [-0.39, 0.29) is 0 Å². The van der Waals surface area contributed by atoms with Crippen LogP contribution in [0.1, 0.15) is 0 Å².